The first-order valence-corrected chi connectivity index (χ1v) is 34.1. The van der Waals surface area contributed by atoms with Gasteiger partial charge in [-0.25, -0.2) is 45.8 Å². The van der Waals surface area contributed by atoms with E-state index < -0.39 is 155 Å². The van der Waals surface area contributed by atoms with Gasteiger partial charge in [0, 0.05) is 49.6 Å². The SMILES string of the molecule is Fc1ccc(S)cc1.I.[C-]#[N+]c1ccc(N)cc1C(F)(F)F.[C-]#[N+]c1ccc(NC(=O)C(=C)C)cc1C(F)(F)F.[C-]#[N+]c1ccc(NC(=O)C(C)(O)CS(=O)(=O)c2ccc(F)cc2)cc1C(F)(F)F.[C-]#[N+]c1ccc(NC(=O)C(C)(O)CSc2ccc(F)cc2)cc1C(F)(F)F.[C-]#[N+]c1ccc(NC(=O)C2(C)CO2)cc1C(F)(F)F. The number of thioether (sulfide) groups is 1. The third-order valence-corrected chi connectivity index (χ3v) is 17.9. The first kappa shape index (κ1) is 97.8. The van der Waals surface area contributed by atoms with Crippen LogP contribution in [-0.4, -0.2) is 77.2 Å². The topological polar surface area (TPSA) is 251 Å². The van der Waals surface area contributed by atoms with Gasteiger partial charge in [-0.1, -0.05) is 36.9 Å². The molecule has 1 aliphatic heterocycles. The highest BCUT2D eigenvalue weighted by Crippen LogP contribution is 2.43. The summed E-state index contributed by atoms with van der Waals surface area (Å²) in [6.07, 6.45) is -23.4. The van der Waals surface area contributed by atoms with Crippen molar-refractivity contribution in [3.05, 3.63) is 278 Å². The fourth-order valence-electron chi connectivity index (χ4n) is 8.33. The highest BCUT2D eigenvalue weighted by Gasteiger charge is 2.48. The summed E-state index contributed by atoms with van der Waals surface area (Å²) in [6.45, 7) is 42.2. The van der Waals surface area contributed by atoms with Gasteiger partial charge < -0.3 is 42.0 Å². The van der Waals surface area contributed by atoms with Crippen molar-refractivity contribution in [1.29, 1.82) is 0 Å². The number of sulfone groups is 1. The van der Waals surface area contributed by atoms with E-state index in [0.29, 0.717) is 17.0 Å². The van der Waals surface area contributed by atoms with Crippen LogP contribution in [0.3, 0.4) is 0 Å². The smallest absolute Gasteiger partial charge is 0.399 e. The molecule has 0 saturated carbocycles. The maximum Gasteiger partial charge on any atom is 0.407 e. The van der Waals surface area contributed by atoms with Gasteiger partial charge in [0.1, 0.15) is 23.1 Å². The molecule has 0 aromatic heterocycles. The van der Waals surface area contributed by atoms with Crippen molar-refractivity contribution in [2.75, 3.05) is 45.1 Å². The zero-order valence-corrected chi connectivity index (χ0v) is 63.8. The van der Waals surface area contributed by atoms with Crippen LogP contribution in [0.5, 0.6) is 0 Å². The number of ether oxygens (including phenoxy) is 1. The minimum atomic E-state index is -4.85. The van der Waals surface area contributed by atoms with Crippen LogP contribution >= 0.6 is 48.4 Å². The van der Waals surface area contributed by atoms with Gasteiger partial charge in [0.25, 0.3) is 23.6 Å². The molecule has 1 heterocycles. The summed E-state index contributed by atoms with van der Waals surface area (Å²) in [7, 11) is -4.21. The molecule has 115 heavy (non-hydrogen) atoms. The molecule has 3 atom stereocenters. The van der Waals surface area contributed by atoms with Gasteiger partial charge in [0.2, 0.25) is 0 Å². The molecule has 1 saturated heterocycles. The van der Waals surface area contributed by atoms with Crippen LogP contribution in [0, 0.1) is 50.3 Å². The number of nitrogens with two attached hydrogens (primary N) is 1. The number of epoxide rings is 1. The first-order valence-electron chi connectivity index (χ1n) is 31.0. The number of aliphatic hydroxyl groups is 2. The Hall–Kier alpha value is -11.4. The number of hydrogen-bond donors (Lipinski definition) is 8. The second-order valence-electron chi connectivity index (χ2n) is 23.8. The van der Waals surface area contributed by atoms with E-state index in [1.165, 1.54) is 68.4 Å². The zero-order chi connectivity index (χ0) is 86.5. The van der Waals surface area contributed by atoms with Crippen molar-refractivity contribution >= 4 is 139 Å². The maximum atomic E-state index is 13.0. The van der Waals surface area contributed by atoms with E-state index in [-0.39, 0.29) is 81.1 Å². The standard InChI is InChI=1S/C18H14F4N2O4S.C18H14F4N2O2S.C12H9F3N2O2.C12H9F3N2O.C8H5F3N2.C6H5FS.HI/c1-17(26,10-29(27,28)13-6-3-11(19)4-7-13)16(25)24-12-5-8-15(23-2)14(9-12)18(20,21)22;1-17(26,10-27-13-6-3-11(19)4-7-13)16(25)24-12-5-8-15(23-2)14(9-12)18(20,21)22;1-11(6-19-11)10(18)17-7-3-4-9(16-2)8(5-7)12(13,14)15;1-7(2)11(18)17-8-4-5-10(16-3)9(6-8)12(13,14)15;1-13-7-3-2-5(12)4-6(7)8(9,10)11;7-5-1-3-6(8)4-2-5;/h3-9,26H,10H2,1H3,(H,24,25);3-9,26H,10H2,1H3,(H,24,25);3-5H,6H2,1H3,(H,17,18);4-6H,1H2,2H3,(H,17,18);2-4H,12H2;1-4,8H;1H. The van der Waals surface area contributed by atoms with Crippen LogP contribution in [0.15, 0.2) is 191 Å². The lowest BCUT2D eigenvalue weighted by atomic mass is 10.1. The van der Waals surface area contributed by atoms with Gasteiger partial charge in [-0.15, -0.1) is 48.4 Å². The number of nitrogens with one attached hydrogen (secondary N) is 4. The number of thiol groups is 1. The summed E-state index contributed by atoms with van der Waals surface area (Å²) in [6, 6.07) is 29.3. The highest BCUT2D eigenvalue weighted by molar-refractivity contribution is 14.0. The lowest BCUT2D eigenvalue weighted by molar-refractivity contribution is -0.137. The van der Waals surface area contributed by atoms with Crippen LogP contribution in [0.1, 0.15) is 55.5 Å². The Morgan fingerprint density at radius 3 is 1.11 bits per heavy atom. The number of carbonyl (C=O) groups is 4. The second kappa shape index (κ2) is 40.6. The Balaban J connectivity index is 0.000000369. The van der Waals surface area contributed by atoms with Crippen molar-refractivity contribution in [3.8, 4) is 0 Å². The summed E-state index contributed by atoms with van der Waals surface area (Å²) < 4.78 is 258. The molecule has 1 fully saturated rings. The van der Waals surface area contributed by atoms with E-state index in [1.54, 1.807) is 19.1 Å². The highest BCUT2D eigenvalue weighted by atomic mass is 127. The molecule has 9 rings (SSSR count). The van der Waals surface area contributed by atoms with E-state index in [2.05, 4.69) is 59.4 Å². The molecular weight excluding hydrogens is 1740 g/mol. The van der Waals surface area contributed by atoms with Gasteiger partial charge >= 0.3 is 30.9 Å². The summed E-state index contributed by atoms with van der Waals surface area (Å²) in [4.78, 5) is 62.4. The Bertz CT molecular complexity index is 5170. The van der Waals surface area contributed by atoms with Crippen LogP contribution in [0.4, 0.5) is 136 Å². The molecule has 608 valence electrons. The van der Waals surface area contributed by atoms with E-state index in [4.69, 9.17) is 43.3 Å². The van der Waals surface area contributed by atoms with Crippen molar-refractivity contribution in [2.45, 2.75) is 90.1 Å². The van der Waals surface area contributed by atoms with Gasteiger partial charge in [0.05, 0.1) is 77.9 Å². The number of alkyl halides is 15. The molecular formula is C74H57F18IN10O9S3. The van der Waals surface area contributed by atoms with Gasteiger partial charge in [0.15, 0.2) is 49.5 Å². The predicted molar refractivity (Wildman–Crippen MR) is 403 cm³/mol. The first-order chi connectivity index (χ1) is 52.5. The van der Waals surface area contributed by atoms with Crippen molar-refractivity contribution in [2.24, 2.45) is 0 Å². The van der Waals surface area contributed by atoms with Crippen molar-refractivity contribution < 1.29 is 122 Å². The summed E-state index contributed by atoms with van der Waals surface area (Å²) in [5, 5.41) is 29.4. The molecule has 19 nitrogen and oxygen atoms in total. The molecule has 3 unspecified atom stereocenters. The molecule has 8 N–H and O–H groups in total. The van der Waals surface area contributed by atoms with Crippen LogP contribution < -0.4 is 27.0 Å². The van der Waals surface area contributed by atoms with E-state index in [9.17, 15) is 117 Å². The molecule has 0 spiro atoms. The summed E-state index contributed by atoms with van der Waals surface area (Å²) >= 11 is 5.06. The van der Waals surface area contributed by atoms with Gasteiger partial charge in [-0.05, 0) is 161 Å². The Kier molecular flexibility index (Phi) is 34.5. The molecule has 0 radical (unpaired) electrons. The largest absolute Gasteiger partial charge is 0.407 e. The molecule has 8 aromatic carbocycles. The average molecular weight is 1800 g/mol. The zero-order valence-electron chi connectivity index (χ0n) is 59.0. The average Bonchev–Trinajstić information content (AvgIpc) is 1.69. The van der Waals surface area contributed by atoms with Crippen LogP contribution in [-0.2, 0) is 64.6 Å². The van der Waals surface area contributed by atoms with Crippen LogP contribution in [0.25, 0.3) is 24.2 Å². The Labute approximate surface area is 670 Å². The number of nitrogen functional groups attached to an aromatic ring is 1. The van der Waals surface area contributed by atoms with Crippen molar-refractivity contribution in [3.63, 3.8) is 0 Å². The molecule has 8 aromatic rings. The third kappa shape index (κ3) is 30.5. The lowest BCUT2D eigenvalue weighted by Gasteiger charge is -2.22. The Morgan fingerprint density at radius 1 is 0.504 bits per heavy atom. The van der Waals surface area contributed by atoms with Gasteiger partial charge in [-0.2, -0.15) is 65.9 Å². The Morgan fingerprint density at radius 2 is 0.800 bits per heavy atom. The minimum absolute atomic E-state index is 0. The summed E-state index contributed by atoms with van der Waals surface area (Å²) in [5.41, 5.74) is -8.90. The van der Waals surface area contributed by atoms with E-state index in [1.807, 2.05) is 5.32 Å². The second-order valence-corrected chi connectivity index (χ2v) is 27.4. The maximum absolute atomic E-state index is 13.0. The van der Waals surface area contributed by atoms with E-state index >= 15 is 0 Å². The van der Waals surface area contributed by atoms with Crippen LogP contribution in [0.2, 0.25) is 0 Å². The number of halogens is 19. The van der Waals surface area contributed by atoms with Crippen molar-refractivity contribution in [1.82, 2.24) is 0 Å². The van der Waals surface area contributed by atoms with Gasteiger partial charge in [-0.3, -0.25) is 19.2 Å². The molecule has 1 aliphatic rings. The number of amides is 4. The fraction of sp³-hybridized carbons (Fsp3) is 0.203. The molecule has 41 heteroatoms. The predicted octanol–water partition coefficient (Wildman–Crippen LogP) is 20.8. The lowest BCUT2D eigenvalue weighted by Crippen LogP contribution is -2.45. The fourth-order valence-corrected chi connectivity index (χ4v) is 11.0. The molecule has 0 bridgehead atoms. The molecule has 0 aliphatic carbocycles. The number of nitrogens with zero attached hydrogens (tertiary/aromatic N) is 5. The number of carbonyl (C=O) groups excluding carboxylic acids is 4. The number of hydrogen-bond acceptors (Lipinski definition) is 12. The monoisotopic (exact) mass is 1790 g/mol. The quantitative estimate of drug-likeness (QED) is 0.00585. The normalized spacial score (nSPS) is 13.8. The summed E-state index contributed by atoms with van der Waals surface area (Å²) in [5.74, 6) is -5.77. The number of anilines is 5. The number of benzene rings is 8. The number of rotatable bonds is 14. The minimum Gasteiger partial charge on any atom is -0.399 e. The van der Waals surface area contributed by atoms with E-state index in [0.717, 1.165) is 109 Å². The molecule has 4 amide bonds. The third-order valence-electron chi connectivity index (χ3n) is 14.4.